The highest BCUT2D eigenvalue weighted by Gasteiger charge is 2.22. The first-order chi connectivity index (χ1) is 15.7. The fourth-order valence-corrected chi connectivity index (χ4v) is 4.80. The molecule has 166 valence electrons. The average Bonchev–Trinajstić information content (AvgIpc) is 3.31. The van der Waals surface area contributed by atoms with Gasteiger partial charge in [-0.25, -0.2) is 4.98 Å². The van der Waals surface area contributed by atoms with Crippen molar-refractivity contribution in [2.24, 2.45) is 0 Å². The van der Waals surface area contributed by atoms with E-state index in [1.54, 1.807) is 13.3 Å². The second-order valence-corrected chi connectivity index (χ2v) is 8.94. The second kappa shape index (κ2) is 9.41. The van der Waals surface area contributed by atoms with Gasteiger partial charge in [-0.3, -0.25) is 4.98 Å². The first-order valence-electron chi connectivity index (χ1n) is 10.8. The number of nitrogens with zero attached hydrogens (tertiary/aromatic N) is 5. The molecule has 1 aromatic carbocycles. The molecule has 1 aliphatic heterocycles. The van der Waals surface area contributed by atoms with Gasteiger partial charge < -0.3 is 20.1 Å². The van der Waals surface area contributed by atoms with Crippen LogP contribution < -0.4 is 10.1 Å². The summed E-state index contributed by atoms with van der Waals surface area (Å²) in [6, 6.07) is 12.2. The quantitative estimate of drug-likeness (QED) is 0.444. The molecule has 5 rings (SSSR count). The third-order valence-electron chi connectivity index (χ3n) is 6.10. The minimum atomic E-state index is -0.570. The number of aromatic nitrogens is 4. The molecule has 0 amide bonds. The molecule has 1 aliphatic rings. The number of fused-ring (bicyclic) bond motifs is 2. The zero-order chi connectivity index (χ0) is 21.9. The van der Waals surface area contributed by atoms with E-state index in [-0.39, 0.29) is 0 Å². The largest absolute Gasteiger partial charge is 0.497 e. The number of aliphatic hydroxyl groups is 1. The number of nitrogens with one attached hydrogen (secondary N) is 1. The molecular weight excluding hydrogens is 424 g/mol. The van der Waals surface area contributed by atoms with Crippen molar-refractivity contribution < 1.29 is 9.84 Å². The van der Waals surface area contributed by atoms with Crippen molar-refractivity contribution in [3.05, 3.63) is 53.9 Å². The highest BCUT2D eigenvalue weighted by atomic mass is 32.1. The number of ether oxygens (including phenoxy) is 1. The summed E-state index contributed by atoms with van der Waals surface area (Å²) in [5, 5.41) is 19.6. The van der Waals surface area contributed by atoms with E-state index >= 15 is 0 Å². The maximum absolute atomic E-state index is 11.0. The lowest BCUT2D eigenvalue weighted by Gasteiger charge is -2.33. The van der Waals surface area contributed by atoms with Crippen molar-refractivity contribution in [3.63, 3.8) is 0 Å². The summed E-state index contributed by atoms with van der Waals surface area (Å²) in [7, 11) is 1.65. The van der Waals surface area contributed by atoms with Crippen molar-refractivity contribution in [2.45, 2.75) is 31.5 Å². The summed E-state index contributed by atoms with van der Waals surface area (Å²) in [6.45, 7) is 3.23. The Hall–Kier alpha value is -2.72. The van der Waals surface area contributed by atoms with E-state index in [0.717, 1.165) is 70.7 Å². The molecule has 0 radical (unpaired) electrons. The Morgan fingerprint density at radius 1 is 1.22 bits per heavy atom. The van der Waals surface area contributed by atoms with Gasteiger partial charge in [-0.05, 0) is 79.4 Å². The minimum Gasteiger partial charge on any atom is -0.497 e. The summed E-state index contributed by atoms with van der Waals surface area (Å²) in [6.07, 6.45) is 3.27. The molecule has 3 aromatic heterocycles. The Kier molecular flexibility index (Phi) is 6.22. The summed E-state index contributed by atoms with van der Waals surface area (Å²) in [4.78, 5) is 11.3. The van der Waals surface area contributed by atoms with Crippen molar-refractivity contribution >= 4 is 32.8 Å². The van der Waals surface area contributed by atoms with E-state index < -0.39 is 6.10 Å². The van der Waals surface area contributed by atoms with Gasteiger partial charge in [0, 0.05) is 30.7 Å². The van der Waals surface area contributed by atoms with Gasteiger partial charge in [0.2, 0.25) is 0 Å². The van der Waals surface area contributed by atoms with E-state index in [1.807, 2.05) is 36.4 Å². The Bertz CT molecular complexity index is 1210. The molecule has 1 atom stereocenters. The maximum atomic E-state index is 11.0. The van der Waals surface area contributed by atoms with E-state index in [1.165, 1.54) is 11.5 Å². The third-order valence-corrected chi connectivity index (χ3v) is 6.78. The number of hydrogen-bond donors (Lipinski definition) is 2. The number of methoxy groups -OCH3 is 1. The van der Waals surface area contributed by atoms with Crippen molar-refractivity contribution in [2.75, 3.05) is 26.7 Å². The van der Waals surface area contributed by atoms with Crippen LogP contribution >= 0.6 is 11.5 Å². The fraction of sp³-hybridized carbons (Fsp3) is 0.391. The maximum Gasteiger partial charge on any atom is 0.194 e. The summed E-state index contributed by atoms with van der Waals surface area (Å²) in [5.41, 5.74) is 3.47. The van der Waals surface area contributed by atoms with Gasteiger partial charge in [-0.1, -0.05) is 4.49 Å². The lowest BCUT2D eigenvalue weighted by Crippen LogP contribution is -2.43. The first kappa shape index (κ1) is 21.1. The van der Waals surface area contributed by atoms with Gasteiger partial charge in [0.25, 0.3) is 0 Å². The standard InChI is InChI=1S/C23H26N6O2S/c1-31-17-3-4-20-19(12-17)18(6-9-24-20)21(30)14-29-10-7-15(8-11-29)25-13-16-2-5-22-23(26-16)27-28-32-22/h2-6,9,12,15,21,25,30H,7-8,10-11,13-14H2,1H3/t21-/m0/s1. The molecule has 4 heterocycles. The van der Waals surface area contributed by atoms with Crippen LogP contribution in [-0.4, -0.2) is 62.3 Å². The van der Waals surface area contributed by atoms with E-state index in [2.05, 4.69) is 29.8 Å². The molecule has 1 fully saturated rings. The van der Waals surface area contributed by atoms with Gasteiger partial charge in [0.1, 0.15) is 5.75 Å². The predicted molar refractivity (Wildman–Crippen MR) is 125 cm³/mol. The van der Waals surface area contributed by atoms with Crippen LogP contribution in [0.3, 0.4) is 0 Å². The average molecular weight is 451 g/mol. The highest BCUT2D eigenvalue weighted by Crippen LogP contribution is 2.27. The van der Waals surface area contributed by atoms with Crippen LogP contribution in [0, 0.1) is 0 Å². The van der Waals surface area contributed by atoms with Gasteiger partial charge in [-0.2, -0.15) is 0 Å². The second-order valence-electron chi connectivity index (χ2n) is 8.15. The first-order valence-corrected chi connectivity index (χ1v) is 11.6. The number of aliphatic hydroxyl groups excluding tert-OH is 1. The molecule has 32 heavy (non-hydrogen) atoms. The van der Waals surface area contributed by atoms with E-state index in [4.69, 9.17) is 4.74 Å². The minimum absolute atomic E-state index is 0.445. The number of hydrogen-bond acceptors (Lipinski definition) is 9. The van der Waals surface area contributed by atoms with E-state index in [9.17, 15) is 5.11 Å². The Labute approximate surface area is 190 Å². The van der Waals surface area contributed by atoms with Crippen LogP contribution in [0.15, 0.2) is 42.6 Å². The van der Waals surface area contributed by atoms with Gasteiger partial charge >= 0.3 is 0 Å². The normalized spacial score (nSPS) is 16.6. The molecule has 2 N–H and O–H groups in total. The number of benzene rings is 1. The fourth-order valence-electron chi connectivity index (χ4n) is 4.29. The Morgan fingerprint density at radius 3 is 2.94 bits per heavy atom. The molecule has 0 bridgehead atoms. The highest BCUT2D eigenvalue weighted by molar-refractivity contribution is 7.12. The van der Waals surface area contributed by atoms with Crippen LogP contribution in [-0.2, 0) is 6.54 Å². The third kappa shape index (κ3) is 4.56. The van der Waals surface area contributed by atoms with Gasteiger partial charge in [0.15, 0.2) is 5.65 Å². The molecule has 0 saturated carbocycles. The van der Waals surface area contributed by atoms with Crippen LogP contribution in [0.2, 0.25) is 0 Å². The van der Waals surface area contributed by atoms with Gasteiger partial charge in [0.05, 0.1) is 29.1 Å². The summed E-state index contributed by atoms with van der Waals surface area (Å²) in [5.74, 6) is 0.769. The molecule has 0 aliphatic carbocycles. The Morgan fingerprint density at radius 2 is 2.09 bits per heavy atom. The van der Waals surface area contributed by atoms with Crippen molar-refractivity contribution in [1.82, 2.24) is 29.8 Å². The molecule has 4 aromatic rings. The predicted octanol–water partition coefficient (Wildman–Crippen LogP) is 2.93. The SMILES string of the molecule is COc1ccc2nccc([C@@H](O)CN3CCC(NCc4ccc5snnc5n4)CC3)c2c1. The summed E-state index contributed by atoms with van der Waals surface area (Å²) < 4.78 is 10.3. The molecule has 0 spiro atoms. The van der Waals surface area contributed by atoms with E-state index in [0.29, 0.717) is 12.6 Å². The number of likely N-dealkylation sites (tertiary alicyclic amines) is 1. The zero-order valence-electron chi connectivity index (χ0n) is 17.9. The topological polar surface area (TPSA) is 96.3 Å². The van der Waals surface area contributed by atoms with Crippen molar-refractivity contribution in [1.29, 1.82) is 0 Å². The monoisotopic (exact) mass is 450 g/mol. The van der Waals surface area contributed by atoms with Crippen LogP contribution in [0.25, 0.3) is 21.3 Å². The molecular formula is C23H26N6O2S. The lowest BCUT2D eigenvalue weighted by molar-refractivity contribution is 0.0948. The summed E-state index contributed by atoms with van der Waals surface area (Å²) >= 11 is 1.37. The number of pyridine rings is 2. The molecule has 1 saturated heterocycles. The van der Waals surface area contributed by atoms with Crippen molar-refractivity contribution in [3.8, 4) is 5.75 Å². The smallest absolute Gasteiger partial charge is 0.194 e. The molecule has 9 heteroatoms. The van der Waals surface area contributed by atoms with Crippen LogP contribution in [0.5, 0.6) is 5.75 Å². The zero-order valence-corrected chi connectivity index (χ0v) is 18.8. The number of piperidine rings is 1. The molecule has 0 unspecified atom stereocenters. The van der Waals surface area contributed by atoms with Crippen LogP contribution in [0.1, 0.15) is 30.2 Å². The Balaban J connectivity index is 1.16. The number of rotatable bonds is 7. The molecule has 8 nitrogen and oxygen atoms in total. The van der Waals surface area contributed by atoms with Gasteiger partial charge in [-0.15, -0.1) is 5.10 Å². The number of β-amino-alcohol motifs (C(OH)–C–C–N with tert-alkyl or cyclic N) is 1. The lowest BCUT2D eigenvalue weighted by atomic mass is 10.0. The van der Waals surface area contributed by atoms with Crippen LogP contribution in [0.4, 0.5) is 0 Å².